The molecule has 0 fully saturated rings. The quantitative estimate of drug-likeness (QED) is 0.863. The van der Waals surface area contributed by atoms with Gasteiger partial charge in [-0.15, -0.1) is 0 Å². The Morgan fingerprint density at radius 2 is 1.89 bits per heavy atom. The minimum Gasteiger partial charge on any atom is -0.382 e. The second kappa shape index (κ2) is 6.91. The van der Waals surface area contributed by atoms with Gasteiger partial charge in [0, 0.05) is 6.54 Å². The highest BCUT2D eigenvalue weighted by Gasteiger charge is 2.38. The van der Waals surface area contributed by atoms with Crippen molar-refractivity contribution in [1.29, 1.82) is 0 Å². The number of benzene rings is 1. The lowest BCUT2D eigenvalue weighted by atomic mass is 10.0. The molecule has 1 aromatic carbocycles. The van der Waals surface area contributed by atoms with Crippen LogP contribution in [0.5, 0.6) is 0 Å². The van der Waals surface area contributed by atoms with Crippen molar-refractivity contribution < 1.29 is 18.3 Å². The molecule has 1 atom stereocenters. The summed E-state index contributed by atoms with van der Waals surface area (Å²) in [6.07, 6.45) is -5.20. The molecule has 5 heteroatoms. The van der Waals surface area contributed by atoms with Crippen molar-refractivity contribution in [3.63, 3.8) is 0 Å². The molecule has 0 aliphatic carbocycles. The molecule has 0 aromatic heterocycles. The molecule has 0 aliphatic heterocycles. The van der Waals surface area contributed by atoms with E-state index in [1.54, 1.807) is 7.05 Å². The molecule has 0 aliphatic rings. The lowest BCUT2D eigenvalue weighted by molar-refractivity contribution is -0.207. The second-order valence-corrected chi connectivity index (χ2v) is 4.85. The number of aryl methyl sites for hydroxylation is 2. The predicted octanol–water partition coefficient (Wildman–Crippen LogP) is 2.78. The van der Waals surface area contributed by atoms with Gasteiger partial charge in [0.25, 0.3) is 0 Å². The van der Waals surface area contributed by atoms with Crippen molar-refractivity contribution in [1.82, 2.24) is 4.90 Å². The Balaban J connectivity index is 2.32. The van der Waals surface area contributed by atoms with Crippen molar-refractivity contribution >= 4 is 0 Å². The predicted molar refractivity (Wildman–Crippen MR) is 69.1 cm³/mol. The van der Waals surface area contributed by atoms with E-state index in [0.717, 1.165) is 12.8 Å². The van der Waals surface area contributed by atoms with Gasteiger partial charge in [-0.25, -0.2) is 0 Å². The average Bonchev–Trinajstić information content (AvgIpc) is 2.30. The van der Waals surface area contributed by atoms with Gasteiger partial charge in [-0.3, -0.25) is 0 Å². The molecule has 0 amide bonds. The fourth-order valence-electron chi connectivity index (χ4n) is 1.92. The maximum atomic E-state index is 12.2. The summed E-state index contributed by atoms with van der Waals surface area (Å²) in [5.74, 6) is 0. The molecule has 0 saturated carbocycles. The number of likely N-dealkylation sites (N-methyl/N-ethyl adjacent to an activating group) is 1. The molecular weight excluding hydrogens is 255 g/mol. The third-order valence-electron chi connectivity index (χ3n) is 3.11. The van der Waals surface area contributed by atoms with E-state index in [4.69, 9.17) is 5.11 Å². The second-order valence-electron chi connectivity index (χ2n) is 4.85. The van der Waals surface area contributed by atoms with Crippen LogP contribution in [-0.4, -0.2) is 42.4 Å². The number of aliphatic hydroxyl groups excluding tert-OH is 1. The van der Waals surface area contributed by atoms with E-state index >= 15 is 0 Å². The van der Waals surface area contributed by atoms with Gasteiger partial charge in [0.1, 0.15) is 0 Å². The van der Waals surface area contributed by atoms with Crippen molar-refractivity contribution in [2.24, 2.45) is 0 Å². The van der Waals surface area contributed by atoms with Crippen molar-refractivity contribution in [3.05, 3.63) is 35.4 Å². The molecule has 0 heterocycles. The first-order chi connectivity index (χ1) is 8.80. The maximum Gasteiger partial charge on any atom is 0.415 e. The van der Waals surface area contributed by atoms with E-state index in [1.807, 2.05) is 31.2 Å². The molecule has 2 nitrogen and oxygen atoms in total. The summed E-state index contributed by atoms with van der Waals surface area (Å²) in [7, 11) is 1.59. The molecule has 0 bridgehead atoms. The van der Waals surface area contributed by atoms with Crippen LogP contribution < -0.4 is 0 Å². The zero-order valence-corrected chi connectivity index (χ0v) is 11.2. The largest absolute Gasteiger partial charge is 0.415 e. The summed E-state index contributed by atoms with van der Waals surface area (Å²) in [5, 5.41) is 8.95. The molecule has 0 saturated heterocycles. The number of aliphatic hydroxyl groups is 1. The standard InChI is InChI=1S/C14H20F3NO/c1-11-6-3-4-7-12(11)8-5-9-18(2)10-13(19)14(15,16)17/h3-4,6-7,13,19H,5,8-10H2,1-2H3. The highest BCUT2D eigenvalue weighted by atomic mass is 19.4. The van der Waals surface area contributed by atoms with Gasteiger partial charge >= 0.3 is 6.18 Å². The van der Waals surface area contributed by atoms with Crippen LogP contribution in [0.25, 0.3) is 0 Å². The number of halogens is 3. The number of hydrogen-bond acceptors (Lipinski definition) is 2. The van der Waals surface area contributed by atoms with E-state index in [1.165, 1.54) is 16.0 Å². The highest BCUT2D eigenvalue weighted by Crippen LogP contribution is 2.20. The third kappa shape index (κ3) is 5.61. The summed E-state index contributed by atoms with van der Waals surface area (Å²) >= 11 is 0. The van der Waals surface area contributed by atoms with Crippen molar-refractivity contribution in [3.8, 4) is 0 Å². The Morgan fingerprint density at radius 3 is 2.47 bits per heavy atom. The minimum absolute atomic E-state index is 0.378. The maximum absolute atomic E-state index is 12.2. The van der Waals surface area contributed by atoms with E-state index in [-0.39, 0.29) is 6.54 Å². The Labute approximate surface area is 111 Å². The van der Waals surface area contributed by atoms with Crippen LogP contribution in [0.4, 0.5) is 13.2 Å². The first-order valence-electron chi connectivity index (χ1n) is 6.28. The van der Waals surface area contributed by atoms with Crippen LogP contribution in [0.2, 0.25) is 0 Å². The van der Waals surface area contributed by atoms with Gasteiger partial charge in [0.05, 0.1) is 0 Å². The molecule has 0 spiro atoms. The van der Waals surface area contributed by atoms with Gasteiger partial charge in [-0.05, 0) is 44.5 Å². The van der Waals surface area contributed by atoms with Crippen LogP contribution in [0.15, 0.2) is 24.3 Å². The first kappa shape index (κ1) is 16.0. The summed E-state index contributed by atoms with van der Waals surface area (Å²) in [6, 6.07) is 7.97. The van der Waals surface area contributed by atoms with Crippen LogP contribution in [0.1, 0.15) is 17.5 Å². The van der Waals surface area contributed by atoms with E-state index in [9.17, 15) is 13.2 Å². The number of hydrogen-bond donors (Lipinski definition) is 1. The summed E-state index contributed by atoms with van der Waals surface area (Å²) in [5.41, 5.74) is 2.41. The molecular formula is C14H20F3NO. The number of nitrogens with zero attached hydrogens (tertiary/aromatic N) is 1. The van der Waals surface area contributed by atoms with Crippen molar-refractivity contribution in [2.75, 3.05) is 20.1 Å². The summed E-state index contributed by atoms with van der Waals surface area (Å²) in [4.78, 5) is 1.51. The fraction of sp³-hybridized carbons (Fsp3) is 0.571. The first-order valence-corrected chi connectivity index (χ1v) is 6.28. The SMILES string of the molecule is Cc1ccccc1CCCN(C)CC(O)C(F)(F)F. The van der Waals surface area contributed by atoms with Crippen LogP contribution in [-0.2, 0) is 6.42 Å². The lowest BCUT2D eigenvalue weighted by Gasteiger charge is -2.22. The Kier molecular flexibility index (Phi) is 5.82. The lowest BCUT2D eigenvalue weighted by Crippen LogP contribution is -2.39. The summed E-state index contributed by atoms with van der Waals surface area (Å²) < 4.78 is 36.5. The van der Waals surface area contributed by atoms with Crippen LogP contribution in [0.3, 0.4) is 0 Å². The molecule has 1 rings (SSSR count). The Bertz CT molecular complexity index is 393. The number of alkyl halides is 3. The zero-order valence-electron chi connectivity index (χ0n) is 11.2. The topological polar surface area (TPSA) is 23.5 Å². The van der Waals surface area contributed by atoms with Gasteiger partial charge in [0.2, 0.25) is 0 Å². The molecule has 1 unspecified atom stereocenters. The molecule has 1 aromatic rings. The Morgan fingerprint density at radius 1 is 1.26 bits per heavy atom. The summed E-state index contributed by atoms with van der Waals surface area (Å²) in [6.45, 7) is 2.17. The molecule has 1 N–H and O–H groups in total. The average molecular weight is 275 g/mol. The minimum atomic E-state index is -4.54. The van der Waals surface area contributed by atoms with E-state index in [2.05, 4.69) is 0 Å². The van der Waals surface area contributed by atoms with Crippen LogP contribution >= 0.6 is 0 Å². The van der Waals surface area contributed by atoms with Crippen molar-refractivity contribution in [2.45, 2.75) is 32.0 Å². The van der Waals surface area contributed by atoms with Gasteiger partial charge in [-0.2, -0.15) is 13.2 Å². The third-order valence-corrected chi connectivity index (χ3v) is 3.11. The zero-order chi connectivity index (χ0) is 14.5. The van der Waals surface area contributed by atoms with Gasteiger partial charge in [0.15, 0.2) is 6.10 Å². The molecule has 0 radical (unpaired) electrons. The van der Waals surface area contributed by atoms with Crippen LogP contribution in [0, 0.1) is 6.92 Å². The monoisotopic (exact) mass is 275 g/mol. The fourth-order valence-corrected chi connectivity index (χ4v) is 1.92. The highest BCUT2D eigenvalue weighted by molar-refractivity contribution is 5.25. The smallest absolute Gasteiger partial charge is 0.382 e. The normalized spacial score (nSPS) is 13.8. The molecule has 19 heavy (non-hydrogen) atoms. The number of rotatable bonds is 6. The Hall–Kier alpha value is -1.07. The molecule has 108 valence electrons. The van der Waals surface area contributed by atoms with Gasteiger partial charge in [-0.1, -0.05) is 24.3 Å². The van der Waals surface area contributed by atoms with Gasteiger partial charge < -0.3 is 10.0 Å². The van der Waals surface area contributed by atoms with E-state index < -0.39 is 12.3 Å². The van der Waals surface area contributed by atoms with E-state index in [0.29, 0.717) is 6.54 Å².